The number of ether oxygens (including phenoxy) is 1. The van der Waals surface area contributed by atoms with Crippen LogP contribution < -0.4 is 5.32 Å². The number of nitrogens with zero attached hydrogens (tertiary/aromatic N) is 1. The molecule has 0 aliphatic heterocycles. The van der Waals surface area contributed by atoms with Crippen LogP contribution in [0.3, 0.4) is 0 Å². The van der Waals surface area contributed by atoms with E-state index in [0.717, 1.165) is 36.8 Å². The average Bonchev–Trinajstić information content (AvgIpc) is 2.63. The number of nitrogens with one attached hydrogen (secondary N) is 1. The van der Waals surface area contributed by atoms with Crippen LogP contribution >= 0.6 is 0 Å². The van der Waals surface area contributed by atoms with Gasteiger partial charge >= 0.3 is 0 Å². The molecule has 1 aromatic heterocycles. The van der Waals surface area contributed by atoms with Crippen LogP contribution in [0, 0.1) is 6.92 Å². The third-order valence-electron chi connectivity index (χ3n) is 2.70. The topological polar surface area (TPSA) is 37.6 Å². The van der Waals surface area contributed by atoms with Gasteiger partial charge in [-0.3, -0.25) is 0 Å². The first-order chi connectivity index (χ1) is 8.49. The van der Waals surface area contributed by atoms with E-state index in [1.807, 2.05) is 21.0 Å². The van der Waals surface area contributed by atoms with E-state index in [9.17, 15) is 0 Å². The lowest BCUT2D eigenvalue weighted by Gasteiger charge is -2.09. The van der Waals surface area contributed by atoms with Crippen LogP contribution in [0.4, 0.5) is 0 Å². The Bertz CT molecular complexity index is 346. The van der Waals surface area contributed by atoms with Crippen LogP contribution in [0.15, 0.2) is 10.5 Å². The van der Waals surface area contributed by atoms with Crippen molar-refractivity contribution < 1.29 is 9.15 Å². The summed E-state index contributed by atoms with van der Waals surface area (Å²) in [5, 5.41) is 3.34. The van der Waals surface area contributed by atoms with E-state index in [-0.39, 0.29) is 0 Å². The van der Waals surface area contributed by atoms with E-state index in [1.165, 1.54) is 0 Å². The molecule has 1 N–H and O–H groups in total. The number of hydrogen-bond acceptors (Lipinski definition) is 4. The zero-order valence-electron chi connectivity index (χ0n) is 12.2. The zero-order valence-corrected chi connectivity index (χ0v) is 12.2. The Labute approximate surface area is 110 Å². The predicted octanol–water partition coefficient (Wildman–Crippen LogP) is 2.16. The van der Waals surface area contributed by atoms with Crippen molar-refractivity contribution in [2.45, 2.75) is 40.0 Å². The highest BCUT2D eigenvalue weighted by molar-refractivity contribution is 5.19. The highest BCUT2D eigenvalue weighted by Gasteiger charge is 2.07. The smallest absolute Gasteiger partial charge is 0.118 e. The van der Waals surface area contributed by atoms with Crippen molar-refractivity contribution in [3.8, 4) is 0 Å². The molecule has 104 valence electrons. The van der Waals surface area contributed by atoms with Gasteiger partial charge < -0.3 is 19.4 Å². The molecule has 0 amide bonds. The van der Waals surface area contributed by atoms with Gasteiger partial charge in [-0.1, -0.05) is 13.8 Å². The number of rotatable bonds is 8. The summed E-state index contributed by atoms with van der Waals surface area (Å²) in [6.45, 7) is 9.34. The van der Waals surface area contributed by atoms with Gasteiger partial charge in [0.05, 0.1) is 19.8 Å². The van der Waals surface area contributed by atoms with Crippen molar-refractivity contribution in [2.75, 3.05) is 27.2 Å². The summed E-state index contributed by atoms with van der Waals surface area (Å²) in [4.78, 5) is 2.11. The van der Waals surface area contributed by atoms with E-state index in [0.29, 0.717) is 12.6 Å². The maximum atomic E-state index is 5.69. The molecule has 1 heterocycles. The molecule has 1 rings (SSSR count). The quantitative estimate of drug-likeness (QED) is 0.721. The second-order valence-electron chi connectivity index (χ2n) is 5.19. The van der Waals surface area contributed by atoms with Crippen molar-refractivity contribution in [1.82, 2.24) is 10.2 Å². The van der Waals surface area contributed by atoms with Crippen LogP contribution in [-0.4, -0.2) is 38.2 Å². The highest BCUT2D eigenvalue weighted by Crippen LogP contribution is 2.15. The molecular formula is C14H26N2O2. The lowest BCUT2D eigenvalue weighted by Crippen LogP contribution is -2.21. The molecule has 0 bridgehead atoms. The zero-order chi connectivity index (χ0) is 13.5. The predicted molar refractivity (Wildman–Crippen MR) is 73.6 cm³/mol. The summed E-state index contributed by atoms with van der Waals surface area (Å²) in [6, 6.07) is 2.55. The molecule has 0 aromatic carbocycles. The molecule has 0 saturated heterocycles. The molecule has 4 nitrogen and oxygen atoms in total. The Kier molecular flexibility index (Phi) is 6.39. The van der Waals surface area contributed by atoms with E-state index < -0.39 is 0 Å². The van der Waals surface area contributed by atoms with Gasteiger partial charge in [0.25, 0.3) is 0 Å². The standard InChI is InChI=1S/C14H26N2O2/c1-11(2)15-9-14-8-13(12(3)18-14)10-17-7-6-16(4)5/h8,11,15H,6-7,9-10H2,1-5H3. The fraction of sp³-hybridized carbons (Fsp3) is 0.714. The first-order valence-electron chi connectivity index (χ1n) is 6.53. The Morgan fingerprint density at radius 1 is 1.39 bits per heavy atom. The van der Waals surface area contributed by atoms with Crippen molar-refractivity contribution in [3.05, 3.63) is 23.2 Å². The summed E-state index contributed by atoms with van der Waals surface area (Å²) < 4.78 is 11.3. The summed E-state index contributed by atoms with van der Waals surface area (Å²) >= 11 is 0. The number of aryl methyl sites for hydroxylation is 1. The van der Waals surface area contributed by atoms with Gasteiger partial charge in [-0.2, -0.15) is 0 Å². The SMILES string of the molecule is Cc1oc(CNC(C)C)cc1COCCN(C)C. The van der Waals surface area contributed by atoms with Crippen molar-refractivity contribution in [3.63, 3.8) is 0 Å². The molecule has 18 heavy (non-hydrogen) atoms. The van der Waals surface area contributed by atoms with Crippen molar-refractivity contribution >= 4 is 0 Å². The summed E-state index contributed by atoms with van der Waals surface area (Å²) in [7, 11) is 4.09. The molecule has 0 aliphatic carbocycles. The fourth-order valence-electron chi connectivity index (χ4n) is 1.55. The van der Waals surface area contributed by atoms with Gasteiger partial charge in [0.15, 0.2) is 0 Å². The number of hydrogen-bond donors (Lipinski definition) is 1. The molecule has 0 unspecified atom stereocenters. The molecule has 0 fully saturated rings. The minimum atomic E-state index is 0.468. The Hall–Kier alpha value is -0.840. The van der Waals surface area contributed by atoms with E-state index in [1.54, 1.807) is 0 Å². The second kappa shape index (κ2) is 7.56. The average molecular weight is 254 g/mol. The molecule has 0 spiro atoms. The summed E-state index contributed by atoms with van der Waals surface area (Å²) in [5.41, 5.74) is 1.15. The Morgan fingerprint density at radius 3 is 2.72 bits per heavy atom. The van der Waals surface area contributed by atoms with Gasteiger partial charge in [0.1, 0.15) is 11.5 Å². The summed E-state index contributed by atoms with van der Waals surface area (Å²) in [6.07, 6.45) is 0. The van der Waals surface area contributed by atoms with Gasteiger partial charge in [0.2, 0.25) is 0 Å². The van der Waals surface area contributed by atoms with Crippen LogP contribution in [0.25, 0.3) is 0 Å². The normalized spacial score (nSPS) is 11.7. The minimum absolute atomic E-state index is 0.468. The van der Waals surface area contributed by atoms with Crippen LogP contribution in [0.2, 0.25) is 0 Å². The van der Waals surface area contributed by atoms with E-state index in [4.69, 9.17) is 9.15 Å². The van der Waals surface area contributed by atoms with Crippen LogP contribution in [0.1, 0.15) is 30.9 Å². The molecule has 4 heteroatoms. The Morgan fingerprint density at radius 2 is 2.11 bits per heavy atom. The Balaban J connectivity index is 2.36. The van der Waals surface area contributed by atoms with Crippen LogP contribution in [-0.2, 0) is 17.9 Å². The molecule has 0 saturated carbocycles. The molecular weight excluding hydrogens is 228 g/mol. The fourth-order valence-corrected chi connectivity index (χ4v) is 1.55. The first kappa shape index (κ1) is 15.2. The molecule has 0 aliphatic rings. The lowest BCUT2D eigenvalue weighted by molar-refractivity contribution is 0.104. The molecule has 1 aromatic rings. The number of likely N-dealkylation sites (N-methyl/N-ethyl adjacent to an activating group) is 1. The van der Waals surface area contributed by atoms with Crippen molar-refractivity contribution in [1.29, 1.82) is 0 Å². The minimum Gasteiger partial charge on any atom is -0.465 e. The largest absolute Gasteiger partial charge is 0.465 e. The monoisotopic (exact) mass is 254 g/mol. The first-order valence-corrected chi connectivity index (χ1v) is 6.53. The van der Waals surface area contributed by atoms with Gasteiger partial charge in [-0.05, 0) is 27.1 Å². The maximum Gasteiger partial charge on any atom is 0.118 e. The van der Waals surface area contributed by atoms with Crippen LogP contribution in [0.5, 0.6) is 0 Å². The van der Waals surface area contributed by atoms with Crippen molar-refractivity contribution in [2.24, 2.45) is 0 Å². The lowest BCUT2D eigenvalue weighted by atomic mass is 10.2. The van der Waals surface area contributed by atoms with Gasteiger partial charge in [-0.15, -0.1) is 0 Å². The van der Waals surface area contributed by atoms with Gasteiger partial charge in [0, 0.05) is 18.2 Å². The molecule has 0 radical (unpaired) electrons. The number of furan rings is 1. The van der Waals surface area contributed by atoms with Gasteiger partial charge in [-0.25, -0.2) is 0 Å². The van der Waals surface area contributed by atoms with E-state index >= 15 is 0 Å². The summed E-state index contributed by atoms with van der Waals surface area (Å²) in [5.74, 6) is 1.94. The maximum absolute atomic E-state index is 5.69. The molecule has 0 atom stereocenters. The third-order valence-corrected chi connectivity index (χ3v) is 2.70. The third kappa shape index (κ3) is 5.67. The van der Waals surface area contributed by atoms with E-state index in [2.05, 4.69) is 30.1 Å². The highest BCUT2D eigenvalue weighted by atomic mass is 16.5. The second-order valence-corrected chi connectivity index (χ2v) is 5.19.